The molecule has 0 aromatic carbocycles. The van der Waals surface area contributed by atoms with Crippen LogP contribution in [0.3, 0.4) is 0 Å². The summed E-state index contributed by atoms with van der Waals surface area (Å²) < 4.78 is 4.98. The molecule has 0 amide bonds. The number of aliphatic hydroxyl groups excluding tert-OH is 2. The van der Waals surface area contributed by atoms with Crippen molar-refractivity contribution in [2.24, 2.45) is 11.8 Å². The zero-order valence-electron chi connectivity index (χ0n) is 7.48. The van der Waals surface area contributed by atoms with Gasteiger partial charge in [-0.05, 0) is 0 Å². The lowest BCUT2D eigenvalue weighted by Crippen LogP contribution is -2.51. The lowest BCUT2D eigenvalue weighted by Gasteiger charge is -2.28. The Labute approximate surface area is 83.9 Å². The highest BCUT2D eigenvalue weighted by atomic mass is 16.6. The van der Waals surface area contributed by atoms with Gasteiger partial charge < -0.3 is 25.2 Å². The second kappa shape index (κ2) is 3.16. The molecule has 0 spiro atoms. The summed E-state index contributed by atoms with van der Waals surface area (Å²) in [4.78, 5) is 21.6. The molecule has 0 saturated carbocycles. The third-order valence-corrected chi connectivity index (χ3v) is 3.00. The Balaban J connectivity index is 2.32. The molecule has 2 aliphatic rings. The monoisotopic (exact) mass is 218 g/mol. The van der Waals surface area contributed by atoms with Crippen LogP contribution in [-0.2, 0) is 14.3 Å². The summed E-state index contributed by atoms with van der Waals surface area (Å²) in [5.41, 5.74) is 0. The molecular weight excluding hydrogens is 208 g/mol. The molecule has 2 rings (SSSR count). The number of hydrogen-bond acceptors (Lipinski definition) is 5. The third-order valence-electron chi connectivity index (χ3n) is 3.00. The summed E-state index contributed by atoms with van der Waals surface area (Å²) in [5, 5.41) is 36.4. The number of carbonyl (C=O) groups is 2. The van der Waals surface area contributed by atoms with Gasteiger partial charge in [0, 0.05) is 0 Å². The van der Waals surface area contributed by atoms with E-state index in [4.69, 9.17) is 14.9 Å². The number of aliphatic hydroxyl groups is 2. The van der Waals surface area contributed by atoms with Crippen molar-refractivity contribution in [1.29, 1.82) is 0 Å². The van der Waals surface area contributed by atoms with Crippen LogP contribution >= 0.6 is 0 Å². The molecule has 7 heteroatoms. The van der Waals surface area contributed by atoms with E-state index in [0.29, 0.717) is 0 Å². The van der Waals surface area contributed by atoms with E-state index in [-0.39, 0.29) is 0 Å². The SMILES string of the molecule is O=C(O)C1C2O[C@H](C(O)C2O)C1C(=O)O. The minimum atomic E-state index is -1.33. The number of aliphatic carboxylic acids is 2. The third kappa shape index (κ3) is 1.24. The predicted octanol–water partition coefficient (Wildman–Crippen LogP) is -2.11. The van der Waals surface area contributed by atoms with Crippen molar-refractivity contribution in [2.45, 2.75) is 24.4 Å². The van der Waals surface area contributed by atoms with Gasteiger partial charge in [-0.1, -0.05) is 0 Å². The average molecular weight is 218 g/mol. The first kappa shape index (κ1) is 10.3. The highest BCUT2D eigenvalue weighted by Crippen LogP contribution is 2.43. The van der Waals surface area contributed by atoms with E-state index in [9.17, 15) is 19.8 Å². The molecule has 84 valence electrons. The van der Waals surface area contributed by atoms with Crippen LogP contribution in [0, 0.1) is 11.8 Å². The summed E-state index contributed by atoms with van der Waals surface area (Å²) in [5.74, 6) is -5.27. The number of carboxylic acids is 2. The van der Waals surface area contributed by atoms with E-state index in [0.717, 1.165) is 0 Å². The first-order valence-corrected chi connectivity index (χ1v) is 4.42. The van der Waals surface area contributed by atoms with E-state index < -0.39 is 48.2 Å². The summed E-state index contributed by atoms with van der Waals surface area (Å²) in [6, 6.07) is 0. The van der Waals surface area contributed by atoms with Crippen molar-refractivity contribution in [3.8, 4) is 0 Å². The van der Waals surface area contributed by atoms with E-state index in [1.54, 1.807) is 0 Å². The van der Waals surface area contributed by atoms with Gasteiger partial charge in [0.25, 0.3) is 0 Å². The lowest BCUT2D eigenvalue weighted by atomic mass is 9.76. The second-order valence-corrected chi connectivity index (χ2v) is 3.77. The molecule has 4 N–H and O–H groups in total. The molecule has 2 bridgehead atoms. The molecule has 2 fully saturated rings. The number of carboxylic acid groups (broad SMARTS) is 2. The number of rotatable bonds is 2. The van der Waals surface area contributed by atoms with Crippen LogP contribution in [0.4, 0.5) is 0 Å². The van der Waals surface area contributed by atoms with Crippen LogP contribution in [-0.4, -0.2) is 56.8 Å². The standard InChI is InChI=1S/C8H10O7/c9-3-4(10)6-2(8(13)14)1(7(11)12)5(3)15-6/h1-6,9-10H,(H,11,12)(H,13,14)/t1?,2?,3?,4?,5-,6?/m0/s1. The first-order valence-electron chi connectivity index (χ1n) is 4.42. The molecule has 2 saturated heterocycles. The highest BCUT2D eigenvalue weighted by Gasteiger charge is 2.64. The van der Waals surface area contributed by atoms with Crippen LogP contribution in [0.15, 0.2) is 0 Å². The molecule has 5 unspecified atom stereocenters. The van der Waals surface area contributed by atoms with Crippen LogP contribution in [0.25, 0.3) is 0 Å². The second-order valence-electron chi connectivity index (χ2n) is 3.77. The van der Waals surface area contributed by atoms with Crippen LogP contribution in [0.1, 0.15) is 0 Å². The maximum absolute atomic E-state index is 10.8. The van der Waals surface area contributed by atoms with Gasteiger partial charge in [-0.2, -0.15) is 0 Å². The van der Waals surface area contributed by atoms with Crippen molar-refractivity contribution in [1.82, 2.24) is 0 Å². The van der Waals surface area contributed by atoms with E-state index >= 15 is 0 Å². The summed E-state index contributed by atoms with van der Waals surface area (Å²) in [7, 11) is 0. The molecule has 2 heterocycles. The zero-order valence-corrected chi connectivity index (χ0v) is 7.48. The van der Waals surface area contributed by atoms with Gasteiger partial charge in [-0.25, -0.2) is 0 Å². The summed E-state index contributed by atoms with van der Waals surface area (Å²) in [6.45, 7) is 0. The molecule has 0 aliphatic carbocycles. The van der Waals surface area contributed by atoms with Crippen molar-refractivity contribution < 1.29 is 34.8 Å². The predicted molar refractivity (Wildman–Crippen MR) is 42.9 cm³/mol. The normalized spacial score (nSPS) is 48.1. The number of ether oxygens (including phenoxy) is 1. The van der Waals surface area contributed by atoms with Gasteiger partial charge in [-0.15, -0.1) is 0 Å². The van der Waals surface area contributed by atoms with Crippen LogP contribution < -0.4 is 0 Å². The Morgan fingerprint density at radius 1 is 0.867 bits per heavy atom. The Bertz CT molecular complexity index is 284. The molecule has 0 aromatic rings. The van der Waals surface area contributed by atoms with E-state index in [1.165, 1.54) is 0 Å². The summed E-state index contributed by atoms with van der Waals surface area (Å²) >= 11 is 0. The van der Waals surface area contributed by atoms with Crippen molar-refractivity contribution in [3.05, 3.63) is 0 Å². The fourth-order valence-corrected chi connectivity index (χ4v) is 2.32. The van der Waals surface area contributed by atoms with Crippen LogP contribution in [0.2, 0.25) is 0 Å². The summed E-state index contributed by atoms with van der Waals surface area (Å²) in [6.07, 6.45) is -4.93. The van der Waals surface area contributed by atoms with E-state index in [2.05, 4.69) is 0 Å². The minimum Gasteiger partial charge on any atom is -0.481 e. The zero-order chi connectivity index (χ0) is 11.3. The fraction of sp³-hybridized carbons (Fsp3) is 0.750. The molecule has 2 aliphatic heterocycles. The number of hydrogen-bond donors (Lipinski definition) is 4. The quantitative estimate of drug-likeness (QED) is 0.418. The topological polar surface area (TPSA) is 124 Å². The molecule has 6 atom stereocenters. The largest absolute Gasteiger partial charge is 0.481 e. The average Bonchev–Trinajstić information content (AvgIpc) is 2.64. The Morgan fingerprint density at radius 3 is 1.47 bits per heavy atom. The molecule has 7 nitrogen and oxygen atoms in total. The Kier molecular flexibility index (Phi) is 2.18. The van der Waals surface area contributed by atoms with Gasteiger partial charge in [-0.3, -0.25) is 9.59 Å². The van der Waals surface area contributed by atoms with Gasteiger partial charge in [0.05, 0.1) is 0 Å². The maximum Gasteiger partial charge on any atom is 0.310 e. The fourth-order valence-electron chi connectivity index (χ4n) is 2.32. The number of fused-ring (bicyclic) bond motifs is 2. The van der Waals surface area contributed by atoms with Gasteiger partial charge in [0.15, 0.2) is 0 Å². The van der Waals surface area contributed by atoms with E-state index in [1.807, 2.05) is 0 Å². The lowest BCUT2D eigenvalue weighted by molar-refractivity contribution is -0.158. The first-order chi connectivity index (χ1) is 6.95. The van der Waals surface area contributed by atoms with Gasteiger partial charge in [0.2, 0.25) is 0 Å². The highest BCUT2D eigenvalue weighted by molar-refractivity contribution is 5.82. The maximum atomic E-state index is 10.8. The molecular formula is C8H10O7. The molecule has 0 aromatic heterocycles. The van der Waals surface area contributed by atoms with Gasteiger partial charge >= 0.3 is 11.9 Å². The van der Waals surface area contributed by atoms with Gasteiger partial charge in [0.1, 0.15) is 36.3 Å². The molecule has 0 radical (unpaired) electrons. The minimum absolute atomic E-state index is 1.14. The van der Waals surface area contributed by atoms with Crippen molar-refractivity contribution >= 4 is 11.9 Å². The van der Waals surface area contributed by atoms with Crippen molar-refractivity contribution in [3.63, 3.8) is 0 Å². The smallest absolute Gasteiger partial charge is 0.310 e. The Morgan fingerprint density at radius 2 is 1.20 bits per heavy atom. The molecule has 15 heavy (non-hydrogen) atoms. The Hall–Kier alpha value is -1.18. The van der Waals surface area contributed by atoms with Crippen molar-refractivity contribution in [2.75, 3.05) is 0 Å². The van der Waals surface area contributed by atoms with Crippen LogP contribution in [0.5, 0.6) is 0 Å².